The number of nitrogens with zero attached hydrogens (tertiary/aromatic N) is 3. The highest BCUT2D eigenvalue weighted by molar-refractivity contribution is 6.06. The summed E-state index contributed by atoms with van der Waals surface area (Å²) in [5.74, 6) is 1.99. The molecule has 1 fully saturated rings. The number of amides is 1. The molecule has 138 valence electrons. The van der Waals surface area contributed by atoms with Crippen LogP contribution in [0.5, 0.6) is 0 Å². The Morgan fingerprint density at radius 2 is 1.96 bits per heavy atom. The minimum atomic E-state index is -0.523. The van der Waals surface area contributed by atoms with E-state index in [9.17, 15) is 4.79 Å². The number of aromatic nitrogens is 2. The van der Waals surface area contributed by atoms with E-state index in [1.165, 1.54) is 0 Å². The molecule has 1 saturated heterocycles. The van der Waals surface area contributed by atoms with Gasteiger partial charge in [-0.3, -0.25) is 9.69 Å². The number of carbonyl (C=O) groups excluding carboxylic acids is 1. The second-order valence-electron chi connectivity index (χ2n) is 7.69. The van der Waals surface area contributed by atoms with Crippen molar-refractivity contribution in [3.63, 3.8) is 0 Å². The summed E-state index contributed by atoms with van der Waals surface area (Å²) in [4.78, 5) is 19.4. The van der Waals surface area contributed by atoms with Gasteiger partial charge in [-0.15, -0.1) is 0 Å². The number of nitrogens with one attached hydrogen (secondary N) is 2. The van der Waals surface area contributed by atoms with Gasteiger partial charge in [-0.2, -0.15) is 4.98 Å². The monoisotopic (exact) mass is 355 g/mol. The Hall–Kier alpha value is -2.41. The van der Waals surface area contributed by atoms with Gasteiger partial charge in [0, 0.05) is 19.5 Å². The predicted octanol–water partition coefficient (Wildman–Crippen LogP) is 2.67. The maximum Gasteiger partial charge on any atom is 0.250 e. The number of para-hydroxylation sites is 2. The molecule has 7 heteroatoms. The van der Waals surface area contributed by atoms with E-state index in [0.717, 1.165) is 49.6 Å². The first-order chi connectivity index (χ1) is 12.5. The van der Waals surface area contributed by atoms with Crippen LogP contribution in [-0.4, -0.2) is 39.6 Å². The van der Waals surface area contributed by atoms with Gasteiger partial charge in [0.05, 0.1) is 17.9 Å². The number of anilines is 2. The molecule has 0 radical (unpaired) electrons. The lowest BCUT2D eigenvalue weighted by Gasteiger charge is -2.44. The van der Waals surface area contributed by atoms with Gasteiger partial charge < -0.3 is 15.2 Å². The van der Waals surface area contributed by atoms with Crippen molar-refractivity contribution >= 4 is 17.3 Å². The standard InChI is InChI=1S/C19H25N5O2/c1-13(2)11-17-21-16(23-26-17)12-24-9-7-19(8-10-24)18(25)20-14-5-3-4-6-15(14)22-19/h3-6,13,22H,7-12H2,1-2H3,(H,20,25). The summed E-state index contributed by atoms with van der Waals surface area (Å²) < 4.78 is 5.32. The highest BCUT2D eigenvalue weighted by Gasteiger charge is 2.44. The van der Waals surface area contributed by atoms with Crippen molar-refractivity contribution in [3.05, 3.63) is 36.0 Å². The first kappa shape index (κ1) is 17.0. The van der Waals surface area contributed by atoms with E-state index in [4.69, 9.17) is 4.52 Å². The van der Waals surface area contributed by atoms with E-state index in [0.29, 0.717) is 18.4 Å². The Bertz CT molecular complexity index is 793. The molecule has 0 bridgehead atoms. The number of hydrogen-bond donors (Lipinski definition) is 2. The van der Waals surface area contributed by atoms with E-state index in [2.05, 4.69) is 39.5 Å². The third-order valence-electron chi connectivity index (χ3n) is 5.15. The van der Waals surface area contributed by atoms with Gasteiger partial charge >= 0.3 is 0 Å². The second kappa shape index (κ2) is 6.72. The quantitative estimate of drug-likeness (QED) is 0.877. The van der Waals surface area contributed by atoms with Crippen LogP contribution in [0, 0.1) is 5.92 Å². The summed E-state index contributed by atoms with van der Waals surface area (Å²) in [6.45, 7) is 6.56. The zero-order valence-electron chi connectivity index (χ0n) is 15.3. The fourth-order valence-corrected chi connectivity index (χ4v) is 3.69. The van der Waals surface area contributed by atoms with Crippen molar-refractivity contribution < 1.29 is 9.32 Å². The fraction of sp³-hybridized carbons (Fsp3) is 0.526. The lowest BCUT2D eigenvalue weighted by molar-refractivity contribution is -0.122. The maximum atomic E-state index is 12.7. The average molecular weight is 355 g/mol. The van der Waals surface area contributed by atoms with Crippen LogP contribution in [0.2, 0.25) is 0 Å². The van der Waals surface area contributed by atoms with Crippen LogP contribution >= 0.6 is 0 Å². The molecule has 1 aromatic heterocycles. The van der Waals surface area contributed by atoms with Crippen LogP contribution < -0.4 is 10.6 Å². The van der Waals surface area contributed by atoms with Crippen LogP contribution in [0.3, 0.4) is 0 Å². The Morgan fingerprint density at radius 1 is 1.23 bits per heavy atom. The molecule has 2 aliphatic rings. The highest BCUT2D eigenvalue weighted by Crippen LogP contribution is 2.36. The molecular weight excluding hydrogens is 330 g/mol. The Labute approximate surface area is 153 Å². The van der Waals surface area contributed by atoms with E-state index < -0.39 is 5.54 Å². The third-order valence-corrected chi connectivity index (χ3v) is 5.15. The first-order valence-electron chi connectivity index (χ1n) is 9.26. The van der Waals surface area contributed by atoms with Crippen molar-refractivity contribution in [3.8, 4) is 0 Å². The zero-order chi connectivity index (χ0) is 18.1. The Balaban J connectivity index is 1.38. The average Bonchev–Trinajstić information content (AvgIpc) is 3.04. The Morgan fingerprint density at radius 3 is 2.69 bits per heavy atom. The fourth-order valence-electron chi connectivity index (χ4n) is 3.69. The molecule has 4 rings (SSSR count). The number of fused-ring (bicyclic) bond motifs is 1. The highest BCUT2D eigenvalue weighted by atomic mass is 16.5. The van der Waals surface area contributed by atoms with Crippen LogP contribution in [0.1, 0.15) is 38.4 Å². The Kier molecular flexibility index (Phi) is 4.40. The third kappa shape index (κ3) is 3.31. The number of rotatable bonds is 4. The molecule has 0 unspecified atom stereocenters. The number of benzene rings is 1. The molecule has 1 spiro atoms. The summed E-state index contributed by atoms with van der Waals surface area (Å²) in [6.07, 6.45) is 2.31. The summed E-state index contributed by atoms with van der Waals surface area (Å²) in [6, 6.07) is 7.85. The number of hydrogen-bond acceptors (Lipinski definition) is 6. The van der Waals surface area contributed by atoms with Crippen molar-refractivity contribution in [2.24, 2.45) is 5.92 Å². The molecule has 1 aromatic carbocycles. The summed E-state index contributed by atoms with van der Waals surface area (Å²) in [5.41, 5.74) is 1.33. The summed E-state index contributed by atoms with van der Waals surface area (Å²) >= 11 is 0. The van der Waals surface area contributed by atoms with Gasteiger partial charge in [0.2, 0.25) is 11.8 Å². The predicted molar refractivity (Wildman–Crippen MR) is 98.8 cm³/mol. The van der Waals surface area contributed by atoms with E-state index in [1.54, 1.807) is 0 Å². The summed E-state index contributed by atoms with van der Waals surface area (Å²) in [5, 5.41) is 10.6. The van der Waals surface area contributed by atoms with Crippen LogP contribution in [-0.2, 0) is 17.8 Å². The molecule has 7 nitrogen and oxygen atoms in total. The SMILES string of the molecule is CC(C)Cc1nc(CN2CCC3(CC2)Nc2ccccc2NC3=O)no1. The molecule has 26 heavy (non-hydrogen) atoms. The molecule has 2 aromatic rings. The molecule has 1 amide bonds. The van der Waals surface area contributed by atoms with Gasteiger partial charge in [-0.1, -0.05) is 31.1 Å². The van der Waals surface area contributed by atoms with E-state index in [1.807, 2.05) is 24.3 Å². The molecule has 0 saturated carbocycles. The smallest absolute Gasteiger partial charge is 0.250 e. The van der Waals surface area contributed by atoms with Gasteiger partial charge in [0.15, 0.2) is 5.82 Å². The lowest BCUT2D eigenvalue weighted by Crippen LogP contribution is -2.58. The van der Waals surface area contributed by atoms with Crippen molar-refractivity contribution in [1.82, 2.24) is 15.0 Å². The van der Waals surface area contributed by atoms with Gasteiger partial charge in [-0.25, -0.2) is 0 Å². The lowest BCUT2D eigenvalue weighted by atomic mass is 9.84. The van der Waals surface area contributed by atoms with Crippen molar-refractivity contribution in [2.75, 3.05) is 23.7 Å². The largest absolute Gasteiger partial charge is 0.369 e. The minimum absolute atomic E-state index is 0.0645. The second-order valence-corrected chi connectivity index (χ2v) is 7.69. The molecule has 0 aliphatic carbocycles. The molecule has 2 N–H and O–H groups in total. The van der Waals surface area contributed by atoms with Gasteiger partial charge in [0.1, 0.15) is 5.54 Å². The molecular formula is C19H25N5O2. The normalized spacial score (nSPS) is 19.3. The number of likely N-dealkylation sites (tertiary alicyclic amines) is 1. The first-order valence-corrected chi connectivity index (χ1v) is 9.26. The minimum Gasteiger partial charge on any atom is -0.369 e. The van der Waals surface area contributed by atoms with Crippen molar-refractivity contribution in [2.45, 2.75) is 45.2 Å². The molecule has 3 heterocycles. The van der Waals surface area contributed by atoms with Crippen LogP contribution in [0.4, 0.5) is 11.4 Å². The van der Waals surface area contributed by atoms with Crippen LogP contribution in [0.25, 0.3) is 0 Å². The summed E-state index contributed by atoms with van der Waals surface area (Å²) in [7, 11) is 0. The van der Waals surface area contributed by atoms with Gasteiger partial charge in [-0.05, 0) is 30.9 Å². The topological polar surface area (TPSA) is 83.3 Å². The van der Waals surface area contributed by atoms with Gasteiger partial charge in [0.25, 0.3) is 0 Å². The zero-order valence-corrected chi connectivity index (χ0v) is 15.3. The molecule has 2 aliphatic heterocycles. The van der Waals surface area contributed by atoms with E-state index in [-0.39, 0.29) is 5.91 Å². The number of piperidine rings is 1. The van der Waals surface area contributed by atoms with E-state index >= 15 is 0 Å². The van der Waals surface area contributed by atoms with Crippen molar-refractivity contribution in [1.29, 1.82) is 0 Å². The maximum absolute atomic E-state index is 12.7. The number of carbonyl (C=O) groups is 1. The van der Waals surface area contributed by atoms with Crippen LogP contribution in [0.15, 0.2) is 28.8 Å². The molecule has 0 atom stereocenters.